The van der Waals surface area contributed by atoms with Gasteiger partial charge in [-0.3, -0.25) is 4.90 Å². The molecular weight excluding hydrogens is 290 g/mol. The first kappa shape index (κ1) is 15.1. The third-order valence-electron chi connectivity index (χ3n) is 5.59. The Morgan fingerprint density at radius 3 is 3.22 bits per heavy atom. The summed E-state index contributed by atoms with van der Waals surface area (Å²) in [5, 5.41) is 10.8. The number of fused-ring (bicyclic) bond motifs is 1. The number of nitrogens with zero attached hydrogens (tertiary/aromatic N) is 3. The van der Waals surface area contributed by atoms with Crippen molar-refractivity contribution in [1.82, 2.24) is 14.3 Å². The van der Waals surface area contributed by atoms with Gasteiger partial charge in [-0.25, -0.2) is 4.98 Å². The summed E-state index contributed by atoms with van der Waals surface area (Å²) in [6, 6.07) is 6.48. The fourth-order valence-corrected chi connectivity index (χ4v) is 4.19. The largest absolute Gasteiger partial charge is 0.390 e. The summed E-state index contributed by atoms with van der Waals surface area (Å²) in [6.07, 6.45) is 7.11. The fourth-order valence-electron chi connectivity index (χ4n) is 4.19. The smallest absolute Gasteiger partial charge is 0.136 e. The van der Waals surface area contributed by atoms with Crippen LogP contribution in [0.5, 0.6) is 0 Å². The molecule has 0 bridgehead atoms. The Labute approximate surface area is 136 Å². The van der Waals surface area contributed by atoms with Crippen molar-refractivity contribution < 1.29 is 9.84 Å². The lowest BCUT2D eigenvalue weighted by Crippen LogP contribution is -2.52. The summed E-state index contributed by atoms with van der Waals surface area (Å²) < 4.78 is 7.84. The summed E-state index contributed by atoms with van der Waals surface area (Å²) in [6.45, 7) is 5.27. The molecule has 5 heteroatoms. The first-order valence-electron chi connectivity index (χ1n) is 8.60. The molecule has 124 valence electrons. The molecule has 0 radical (unpaired) electrons. The number of likely N-dealkylation sites (tertiary alicyclic amines) is 1. The molecule has 2 aliphatic heterocycles. The molecule has 2 fully saturated rings. The second kappa shape index (κ2) is 5.89. The summed E-state index contributed by atoms with van der Waals surface area (Å²) in [5.74, 6) is 0.193. The molecule has 0 unspecified atom stereocenters. The van der Waals surface area contributed by atoms with E-state index in [9.17, 15) is 5.11 Å². The Morgan fingerprint density at radius 1 is 1.43 bits per heavy atom. The van der Waals surface area contributed by atoms with Gasteiger partial charge in [0.15, 0.2) is 0 Å². The molecule has 5 nitrogen and oxygen atoms in total. The number of pyridine rings is 1. The Balaban J connectivity index is 1.56. The van der Waals surface area contributed by atoms with Gasteiger partial charge in [-0.05, 0) is 44.9 Å². The van der Waals surface area contributed by atoms with E-state index in [4.69, 9.17) is 4.74 Å². The van der Waals surface area contributed by atoms with Gasteiger partial charge in [-0.1, -0.05) is 6.07 Å². The maximum absolute atomic E-state index is 10.8. The van der Waals surface area contributed by atoms with Crippen LogP contribution < -0.4 is 0 Å². The molecule has 1 N–H and O–H groups in total. The lowest BCUT2D eigenvalue weighted by Gasteiger charge is -2.43. The van der Waals surface area contributed by atoms with E-state index in [1.54, 1.807) is 0 Å². The highest BCUT2D eigenvalue weighted by Gasteiger charge is 2.44. The van der Waals surface area contributed by atoms with Crippen LogP contribution in [0.2, 0.25) is 0 Å². The minimum Gasteiger partial charge on any atom is -0.390 e. The molecule has 0 aromatic carbocycles. The Morgan fingerprint density at radius 2 is 2.35 bits per heavy atom. The van der Waals surface area contributed by atoms with Gasteiger partial charge in [0.25, 0.3) is 0 Å². The number of hydrogen-bond donors (Lipinski definition) is 1. The zero-order valence-electron chi connectivity index (χ0n) is 13.7. The van der Waals surface area contributed by atoms with Crippen LogP contribution in [0, 0.1) is 5.92 Å². The quantitative estimate of drug-likeness (QED) is 0.942. The van der Waals surface area contributed by atoms with Crippen LogP contribution in [0.4, 0.5) is 0 Å². The van der Waals surface area contributed by atoms with Crippen LogP contribution in [0.15, 0.2) is 30.6 Å². The molecule has 4 rings (SSSR count). The predicted molar refractivity (Wildman–Crippen MR) is 88.2 cm³/mol. The van der Waals surface area contributed by atoms with Crippen LogP contribution >= 0.6 is 0 Å². The van der Waals surface area contributed by atoms with Gasteiger partial charge in [0.1, 0.15) is 5.65 Å². The molecular formula is C18H25N3O2. The summed E-state index contributed by atoms with van der Waals surface area (Å²) in [7, 11) is 0. The van der Waals surface area contributed by atoms with E-state index in [0.717, 1.165) is 31.6 Å². The monoisotopic (exact) mass is 315 g/mol. The Kier molecular flexibility index (Phi) is 3.87. The molecule has 2 aromatic heterocycles. The van der Waals surface area contributed by atoms with E-state index < -0.39 is 5.60 Å². The first-order chi connectivity index (χ1) is 11.1. The van der Waals surface area contributed by atoms with Gasteiger partial charge >= 0.3 is 0 Å². The number of aliphatic hydroxyl groups is 1. The molecule has 0 amide bonds. The van der Waals surface area contributed by atoms with Crippen molar-refractivity contribution in [1.29, 1.82) is 0 Å². The SMILES string of the molecule is C[C@]1(O)CCOC[C@@H]1[C@@H]1CCCN1Cc1cnc2ccccn12. The van der Waals surface area contributed by atoms with Crippen LogP contribution in [-0.4, -0.2) is 50.8 Å². The molecule has 2 aromatic rings. The topological polar surface area (TPSA) is 50.0 Å². The molecule has 2 saturated heterocycles. The molecule has 0 spiro atoms. The number of aromatic nitrogens is 2. The molecule has 23 heavy (non-hydrogen) atoms. The lowest BCUT2D eigenvalue weighted by atomic mass is 9.79. The fraction of sp³-hybridized carbons (Fsp3) is 0.611. The van der Waals surface area contributed by atoms with Gasteiger partial charge in [0.05, 0.1) is 24.1 Å². The molecule has 4 heterocycles. The van der Waals surface area contributed by atoms with Gasteiger partial charge in [0.2, 0.25) is 0 Å². The van der Waals surface area contributed by atoms with Crippen molar-refractivity contribution in [3.05, 3.63) is 36.3 Å². The zero-order chi connectivity index (χ0) is 15.9. The second-order valence-electron chi connectivity index (χ2n) is 7.15. The Hall–Kier alpha value is -1.43. The van der Waals surface area contributed by atoms with E-state index in [-0.39, 0.29) is 5.92 Å². The van der Waals surface area contributed by atoms with Gasteiger partial charge in [-0.2, -0.15) is 0 Å². The predicted octanol–water partition coefficient (Wildman–Crippen LogP) is 2.09. The maximum atomic E-state index is 10.8. The third kappa shape index (κ3) is 2.77. The summed E-state index contributed by atoms with van der Waals surface area (Å²) in [4.78, 5) is 6.99. The molecule has 0 aliphatic carbocycles. The standard InChI is InChI=1S/C18H25N3O2/c1-18(22)7-10-23-13-15(18)16-5-4-8-20(16)12-14-11-19-17-6-2-3-9-21(14)17/h2-3,6,9,11,15-16,22H,4-5,7-8,10,12-13H2,1H3/t15-,16+,18+/m1/s1. The van der Waals surface area contributed by atoms with Crippen molar-refractivity contribution in [2.75, 3.05) is 19.8 Å². The second-order valence-corrected chi connectivity index (χ2v) is 7.15. The normalized spacial score (nSPS) is 32.6. The van der Waals surface area contributed by atoms with Gasteiger partial charge in [0, 0.05) is 31.3 Å². The first-order valence-corrected chi connectivity index (χ1v) is 8.60. The van der Waals surface area contributed by atoms with Crippen molar-refractivity contribution in [2.45, 2.75) is 44.4 Å². The van der Waals surface area contributed by atoms with Crippen LogP contribution in [0.1, 0.15) is 31.9 Å². The highest BCUT2D eigenvalue weighted by atomic mass is 16.5. The molecule has 0 saturated carbocycles. The third-order valence-corrected chi connectivity index (χ3v) is 5.59. The minimum atomic E-state index is -0.620. The van der Waals surface area contributed by atoms with Crippen LogP contribution in [0.25, 0.3) is 5.65 Å². The highest BCUT2D eigenvalue weighted by molar-refractivity contribution is 5.39. The van der Waals surface area contributed by atoms with Gasteiger partial charge in [-0.15, -0.1) is 0 Å². The number of rotatable bonds is 3. The summed E-state index contributed by atoms with van der Waals surface area (Å²) in [5.41, 5.74) is 1.58. The van der Waals surface area contributed by atoms with Gasteiger partial charge < -0.3 is 14.2 Å². The lowest BCUT2D eigenvalue weighted by molar-refractivity contribution is -0.123. The van der Waals surface area contributed by atoms with Crippen molar-refractivity contribution in [3.8, 4) is 0 Å². The zero-order valence-corrected chi connectivity index (χ0v) is 13.7. The maximum Gasteiger partial charge on any atom is 0.136 e. The average Bonchev–Trinajstić information content (AvgIpc) is 3.15. The van der Waals surface area contributed by atoms with Crippen molar-refractivity contribution in [2.24, 2.45) is 5.92 Å². The Bertz CT molecular complexity index is 682. The minimum absolute atomic E-state index is 0.193. The average molecular weight is 315 g/mol. The highest BCUT2D eigenvalue weighted by Crippen LogP contribution is 2.36. The van der Waals surface area contributed by atoms with E-state index in [0.29, 0.717) is 19.3 Å². The van der Waals surface area contributed by atoms with Crippen LogP contribution in [-0.2, 0) is 11.3 Å². The van der Waals surface area contributed by atoms with Crippen molar-refractivity contribution in [3.63, 3.8) is 0 Å². The van der Waals surface area contributed by atoms with E-state index in [2.05, 4.69) is 20.5 Å². The number of imidazole rings is 1. The van der Waals surface area contributed by atoms with Crippen molar-refractivity contribution >= 4 is 5.65 Å². The molecule has 2 aliphatic rings. The number of ether oxygens (including phenoxy) is 1. The van der Waals surface area contributed by atoms with E-state index >= 15 is 0 Å². The van der Waals surface area contributed by atoms with E-state index in [1.807, 2.05) is 31.3 Å². The molecule has 3 atom stereocenters. The summed E-state index contributed by atoms with van der Waals surface area (Å²) >= 11 is 0. The van der Waals surface area contributed by atoms with E-state index in [1.165, 1.54) is 12.1 Å². The number of hydrogen-bond acceptors (Lipinski definition) is 4. The van der Waals surface area contributed by atoms with Crippen LogP contribution in [0.3, 0.4) is 0 Å².